The summed E-state index contributed by atoms with van der Waals surface area (Å²) in [5, 5.41) is 0. The fourth-order valence-corrected chi connectivity index (χ4v) is 1.38. The molecule has 0 spiro atoms. The predicted molar refractivity (Wildman–Crippen MR) is 58.4 cm³/mol. The lowest BCUT2D eigenvalue weighted by atomic mass is 10.5. The molecule has 0 saturated carbocycles. The lowest BCUT2D eigenvalue weighted by Gasteiger charge is -2.15. The van der Waals surface area contributed by atoms with E-state index < -0.39 is 5.69 Å². The van der Waals surface area contributed by atoms with Crippen molar-refractivity contribution in [2.24, 2.45) is 7.05 Å². The molecule has 1 rings (SSSR count). The van der Waals surface area contributed by atoms with E-state index in [1.807, 2.05) is 6.92 Å². The lowest BCUT2D eigenvalue weighted by Crippen LogP contribution is -2.42. The van der Waals surface area contributed by atoms with Crippen LogP contribution in [0.25, 0.3) is 0 Å². The van der Waals surface area contributed by atoms with Gasteiger partial charge in [0.05, 0.1) is 0 Å². The highest BCUT2D eigenvalue weighted by Gasteiger charge is 2.10. The van der Waals surface area contributed by atoms with Crippen LogP contribution in [0.15, 0.2) is 9.59 Å². The molecule has 0 aliphatic heterocycles. The summed E-state index contributed by atoms with van der Waals surface area (Å²) < 4.78 is 2.52. The van der Waals surface area contributed by atoms with Crippen molar-refractivity contribution in [1.82, 2.24) is 14.1 Å². The Hall–Kier alpha value is -1.59. The maximum absolute atomic E-state index is 11.8. The fraction of sp³-hybridized carbons (Fsp3) is 0.667. The lowest BCUT2D eigenvalue weighted by molar-refractivity contribution is 0.555. The van der Waals surface area contributed by atoms with Crippen molar-refractivity contribution in [2.45, 2.75) is 19.9 Å². The number of aromatic nitrogens is 3. The SMILES string of the molecule is CCCn1c(=O)nc(N(C)C)n(C)c1=O. The Kier molecular flexibility index (Phi) is 3.28. The van der Waals surface area contributed by atoms with Gasteiger partial charge in [-0.15, -0.1) is 0 Å². The maximum Gasteiger partial charge on any atom is 0.354 e. The van der Waals surface area contributed by atoms with Crippen LogP contribution in [0.5, 0.6) is 0 Å². The van der Waals surface area contributed by atoms with Crippen molar-refractivity contribution in [3.05, 3.63) is 21.0 Å². The first-order chi connectivity index (χ1) is 6.99. The molecular formula is C9H16N4O2. The third kappa shape index (κ3) is 2.08. The van der Waals surface area contributed by atoms with Gasteiger partial charge in [0.15, 0.2) is 0 Å². The van der Waals surface area contributed by atoms with Crippen LogP contribution < -0.4 is 16.3 Å². The van der Waals surface area contributed by atoms with Gasteiger partial charge in [0.25, 0.3) is 0 Å². The molecule has 1 heterocycles. The molecule has 0 aromatic carbocycles. The number of hydrogen-bond donors (Lipinski definition) is 0. The minimum absolute atomic E-state index is 0.319. The number of hydrogen-bond acceptors (Lipinski definition) is 4. The largest absolute Gasteiger partial charge is 0.354 e. The van der Waals surface area contributed by atoms with Crippen LogP contribution in [0.2, 0.25) is 0 Å². The Morgan fingerprint density at radius 2 is 1.93 bits per heavy atom. The standard InChI is InChI=1S/C9H16N4O2/c1-5-6-13-8(14)10-7(11(2)3)12(4)9(13)15/h5-6H2,1-4H3. The molecule has 15 heavy (non-hydrogen) atoms. The Morgan fingerprint density at radius 3 is 2.40 bits per heavy atom. The van der Waals surface area contributed by atoms with E-state index >= 15 is 0 Å². The minimum Gasteiger partial charge on any atom is -0.348 e. The van der Waals surface area contributed by atoms with E-state index in [0.717, 1.165) is 11.0 Å². The zero-order valence-electron chi connectivity index (χ0n) is 9.52. The van der Waals surface area contributed by atoms with Crippen LogP contribution in [0, 0.1) is 0 Å². The van der Waals surface area contributed by atoms with Gasteiger partial charge in [-0.1, -0.05) is 6.92 Å². The summed E-state index contributed by atoms with van der Waals surface area (Å²) in [4.78, 5) is 28.8. The molecule has 1 aromatic rings. The molecule has 0 amide bonds. The van der Waals surface area contributed by atoms with Crippen molar-refractivity contribution in [3.8, 4) is 0 Å². The summed E-state index contributed by atoms with van der Waals surface area (Å²) in [7, 11) is 5.09. The zero-order valence-corrected chi connectivity index (χ0v) is 9.52. The van der Waals surface area contributed by atoms with Crippen LogP contribution in [0.4, 0.5) is 5.95 Å². The highest BCUT2D eigenvalue weighted by molar-refractivity contribution is 5.25. The second-order valence-corrected chi connectivity index (χ2v) is 3.58. The molecular weight excluding hydrogens is 196 g/mol. The molecule has 0 fully saturated rings. The van der Waals surface area contributed by atoms with Crippen molar-refractivity contribution in [2.75, 3.05) is 19.0 Å². The monoisotopic (exact) mass is 212 g/mol. The van der Waals surface area contributed by atoms with Crippen molar-refractivity contribution in [3.63, 3.8) is 0 Å². The third-order valence-electron chi connectivity index (χ3n) is 2.09. The number of nitrogens with zero attached hydrogens (tertiary/aromatic N) is 4. The third-order valence-corrected chi connectivity index (χ3v) is 2.09. The summed E-state index contributed by atoms with van der Waals surface area (Å²) in [6.45, 7) is 2.32. The Bertz CT molecular complexity index is 458. The number of anilines is 1. The van der Waals surface area contributed by atoms with Gasteiger partial charge in [0, 0.05) is 27.7 Å². The smallest absolute Gasteiger partial charge is 0.348 e. The number of rotatable bonds is 3. The van der Waals surface area contributed by atoms with Gasteiger partial charge in [-0.3, -0.25) is 4.57 Å². The van der Waals surface area contributed by atoms with Crippen molar-refractivity contribution >= 4 is 5.95 Å². The van der Waals surface area contributed by atoms with E-state index in [1.54, 1.807) is 26.0 Å². The van der Waals surface area contributed by atoms with Crippen LogP contribution >= 0.6 is 0 Å². The molecule has 1 aromatic heterocycles. The predicted octanol–water partition coefficient (Wildman–Crippen LogP) is -0.582. The Labute approximate surface area is 87.8 Å². The second-order valence-electron chi connectivity index (χ2n) is 3.58. The van der Waals surface area contributed by atoms with Gasteiger partial charge in [0.1, 0.15) is 0 Å². The Balaban J connectivity index is 3.45. The summed E-state index contributed by atoms with van der Waals surface area (Å²) in [5.41, 5.74) is -0.802. The minimum atomic E-state index is -0.483. The van der Waals surface area contributed by atoms with Gasteiger partial charge in [-0.2, -0.15) is 4.98 Å². The average molecular weight is 212 g/mol. The zero-order chi connectivity index (χ0) is 11.6. The maximum atomic E-state index is 11.8. The first-order valence-electron chi connectivity index (χ1n) is 4.84. The van der Waals surface area contributed by atoms with Gasteiger partial charge in [0.2, 0.25) is 5.95 Å². The van der Waals surface area contributed by atoms with Crippen LogP contribution in [-0.4, -0.2) is 28.2 Å². The Morgan fingerprint density at radius 1 is 1.33 bits per heavy atom. The van der Waals surface area contributed by atoms with E-state index in [9.17, 15) is 9.59 Å². The first kappa shape index (κ1) is 11.5. The fourth-order valence-electron chi connectivity index (χ4n) is 1.38. The average Bonchev–Trinajstić information content (AvgIpc) is 2.18. The van der Waals surface area contributed by atoms with Gasteiger partial charge >= 0.3 is 11.4 Å². The molecule has 84 valence electrons. The van der Waals surface area contributed by atoms with Gasteiger partial charge in [-0.05, 0) is 6.42 Å². The molecule has 6 nitrogen and oxygen atoms in total. The molecule has 0 N–H and O–H groups in total. The summed E-state index contributed by atoms with van der Waals surface area (Å²) in [5.74, 6) is 0.373. The van der Waals surface area contributed by atoms with Crippen LogP contribution in [0.1, 0.15) is 13.3 Å². The summed E-state index contributed by atoms with van der Waals surface area (Å²) >= 11 is 0. The highest BCUT2D eigenvalue weighted by Crippen LogP contribution is 1.97. The van der Waals surface area contributed by atoms with E-state index in [1.165, 1.54) is 4.57 Å². The summed E-state index contributed by atoms with van der Waals surface area (Å²) in [6, 6.07) is 0. The van der Waals surface area contributed by atoms with Gasteiger partial charge in [-0.25, -0.2) is 14.2 Å². The normalized spacial score (nSPS) is 10.4. The van der Waals surface area contributed by atoms with Crippen molar-refractivity contribution in [1.29, 1.82) is 0 Å². The second kappa shape index (κ2) is 4.29. The van der Waals surface area contributed by atoms with E-state index in [0.29, 0.717) is 12.5 Å². The first-order valence-corrected chi connectivity index (χ1v) is 4.84. The summed E-state index contributed by atoms with van der Waals surface area (Å²) in [6.07, 6.45) is 0.734. The van der Waals surface area contributed by atoms with Crippen LogP contribution in [-0.2, 0) is 13.6 Å². The molecule has 0 atom stereocenters. The van der Waals surface area contributed by atoms with E-state index in [4.69, 9.17) is 0 Å². The molecule has 0 bridgehead atoms. The topological polar surface area (TPSA) is 60.1 Å². The quantitative estimate of drug-likeness (QED) is 0.672. The molecule has 0 unspecified atom stereocenters. The van der Waals surface area contributed by atoms with E-state index in [-0.39, 0.29) is 5.69 Å². The van der Waals surface area contributed by atoms with E-state index in [2.05, 4.69) is 4.98 Å². The molecule has 0 saturated heterocycles. The van der Waals surface area contributed by atoms with Crippen molar-refractivity contribution < 1.29 is 0 Å². The highest BCUT2D eigenvalue weighted by atomic mass is 16.2. The molecule has 0 aliphatic carbocycles. The molecule has 0 aliphatic rings. The molecule has 0 radical (unpaired) electrons. The molecule has 6 heteroatoms. The van der Waals surface area contributed by atoms with Crippen LogP contribution in [0.3, 0.4) is 0 Å². The van der Waals surface area contributed by atoms with Gasteiger partial charge < -0.3 is 4.90 Å².